The summed E-state index contributed by atoms with van der Waals surface area (Å²) in [5.41, 5.74) is 10.6. The zero-order valence-electron chi connectivity index (χ0n) is 16.9. The molecule has 1 fully saturated rings. The first kappa shape index (κ1) is 19.7. The number of benzene rings is 2. The van der Waals surface area contributed by atoms with Crippen molar-refractivity contribution in [2.24, 2.45) is 17.6 Å². The number of nitrogens with zero attached hydrogens (tertiary/aromatic N) is 1. The highest BCUT2D eigenvalue weighted by atomic mass is 16.3. The molecule has 3 heteroatoms. The van der Waals surface area contributed by atoms with E-state index in [2.05, 4.69) is 36.4 Å². The number of nitrogens with two attached hydrogens (primary N) is 1. The maximum atomic E-state index is 9.87. The van der Waals surface area contributed by atoms with Gasteiger partial charge in [0.15, 0.2) is 0 Å². The summed E-state index contributed by atoms with van der Waals surface area (Å²) in [6.07, 6.45) is 7.81. The first-order chi connectivity index (χ1) is 14.2. The van der Waals surface area contributed by atoms with E-state index in [0.717, 1.165) is 29.8 Å². The predicted octanol–water partition coefficient (Wildman–Crippen LogP) is 5.55. The minimum atomic E-state index is 0.293. The first-order valence-electron chi connectivity index (χ1n) is 10.7. The van der Waals surface area contributed by atoms with Crippen LogP contribution in [0.15, 0.2) is 72.9 Å². The van der Waals surface area contributed by atoms with Gasteiger partial charge in [0.25, 0.3) is 0 Å². The van der Waals surface area contributed by atoms with Crippen LogP contribution in [0.3, 0.4) is 0 Å². The lowest BCUT2D eigenvalue weighted by Crippen LogP contribution is -2.26. The molecule has 0 amide bonds. The average Bonchev–Trinajstić information content (AvgIpc) is 2.78. The van der Waals surface area contributed by atoms with Gasteiger partial charge in [0.2, 0.25) is 0 Å². The minimum Gasteiger partial charge on any atom is -0.508 e. The molecule has 1 aliphatic carbocycles. The molecule has 1 unspecified atom stereocenters. The molecular weight excluding hydrogens is 356 g/mol. The average molecular weight is 387 g/mol. The van der Waals surface area contributed by atoms with Crippen molar-refractivity contribution in [1.29, 1.82) is 0 Å². The number of aromatic hydroxyl groups is 1. The zero-order chi connectivity index (χ0) is 20.1. The summed E-state index contributed by atoms with van der Waals surface area (Å²) in [5, 5.41) is 9.87. The summed E-state index contributed by atoms with van der Waals surface area (Å²) in [6, 6.07) is 22.5. The number of hydrogen-bond acceptors (Lipinski definition) is 3. The molecule has 3 N–H and O–H groups in total. The van der Waals surface area contributed by atoms with Crippen LogP contribution in [0.5, 0.6) is 5.75 Å². The van der Waals surface area contributed by atoms with Crippen molar-refractivity contribution in [2.45, 2.75) is 38.0 Å². The van der Waals surface area contributed by atoms with Gasteiger partial charge in [-0.1, -0.05) is 42.5 Å². The molecule has 0 spiro atoms. The van der Waals surface area contributed by atoms with Gasteiger partial charge in [-0.15, -0.1) is 0 Å². The topological polar surface area (TPSA) is 59.1 Å². The number of aromatic nitrogens is 1. The Morgan fingerprint density at radius 2 is 1.66 bits per heavy atom. The Morgan fingerprint density at radius 1 is 0.897 bits per heavy atom. The molecule has 0 aliphatic heterocycles. The summed E-state index contributed by atoms with van der Waals surface area (Å²) in [6.45, 7) is 0.807. The molecule has 0 radical (unpaired) electrons. The third kappa shape index (κ3) is 4.86. The van der Waals surface area contributed by atoms with Crippen molar-refractivity contribution in [3.05, 3.63) is 84.2 Å². The molecule has 29 heavy (non-hydrogen) atoms. The fraction of sp³-hybridized carbons (Fsp3) is 0.346. The molecule has 1 saturated carbocycles. The van der Waals surface area contributed by atoms with E-state index in [1.165, 1.54) is 31.2 Å². The van der Waals surface area contributed by atoms with Crippen LogP contribution >= 0.6 is 0 Å². The van der Waals surface area contributed by atoms with E-state index < -0.39 is 0 Å². The molecule has 1 aromatic heterocycles. The van der Waals surface area contributed by atoms with Gasteiger partial charge < -0.3 is 10.8 Å². The minimum absolute atomic E-state index is 0.293. The summed E-state index contributed by atoms with van der Waals surface area (Å²) in [7, 11) is 0. The Balaban J connectivity index is 1.64. The van der Waals surface area contributed by atoms with Crippen LogP contribution in [0.1, 0.15) is 42.9 Å². The lowest BCUT2D eigenvalue weighted by Gasteiger charge is -2.33. The van der Waals surface area contributed by atoms with E-state index in [0.29, 0.717) is 23.5 Å². The fourth-order valence-corrected chi connectivity index (χ4v) is 4.72. The zero-order valence-corrected chi connectivity index (χ0v) is 16.9. The second kappa shape index (κ2) is 9.23. The Hall–Kier alpha value is -2.65. The normalized spacial score (nSPS) is 20.3. The highest BCUT2D eigenvalue weighted by molar-refractivity contribution is 5.65. The van der Waals surface area contributed by atoms with Crippen molar-refractivity contribution in [3.8, 4) is 16.9 Å². The quantitative estimate of drug-likeness (QED) is 0.584. The summed E-state index contributed by atoms with van der Waals surface area (Å²) >= 11 is 0. The lowest BCUT2D eigenvalue weighted by molar-refractivity contribution is 0.242. The van der Waals surface area contributed by atoms with Crippen LogP contribution in [0.4, 0.5) is 0 Å². The maximum Gasteiger partial charge on any atom is 0.116 e. The van der Waals surface area contributed by atoms with E-state index in [4.69, 9.17) is 10.7 Å². The van der Waals surface area contributed by atoms with Gasteiger partial charge >= 0.3 is 0 Å². The van der Waals surface area contributed by atoms with Crippen molar-refractivity contribution < 1.29 is 5.11 Å². The summed E-state index contributed by atoms with van der Waals surface area (Å²) in [4.78, 5) is 4.81. The Labute approximate surface area is 173 Å². The molecule has 1 atom stereocenters. The van der Waals surface area contributed by atoms with Crippen LogP contribution < -0.4 is 5.73 Å². The summed E-state index contributed by atoms with van der Waals surface area (Å²) in [5.74, 6) is 2.00. The number of hydrogen-bond donors (Lipinski definition) is 2. The monoisotopic (exact) mass is 386 g/mol. The molecule has 1 aliphatic rings. The lowest BCUT2D eigenvalue weighted by atomic mass is 9.72. The van der Waals surface area contributed by atoms with Crippen LogP contribution in [-0.2, 0) is 6.42 Å². The molecule has 1 heterocycles. The van der Waals surface area contributed by atoms with Crippen LogP contribution in [0, 0.1) is 11.8 Å². The van der Waals surface area contributed by atoms with Crippen LogP contribution in [-0.4, -0.2) is 16.6 Å². The Bertz CT molecular complexity index is 917. The number of phenols is 1. The second-order valence-corrected chi connectivity index (χ2v) is 8.33. The van der Waals surface area contributed by atoms with Crippen LogP contribution in [0.25, 0.3) is 11.1 Å². The van der Waals surface area contributed by atoms with E-state index in [1.807, 2.05) is 30.5 Å². The highest BCUT2D eigenvalue weighted by Gasteiger charge is 2.29. The molecule has 0 saturated heterocycles. The van der Waals surface area contributed by atoms with Gasteiger partial charge in [-0.05, 0) is 91.4 Å². The third-order valence-electron chi connectivity index (χ3n) is 6.43. The Kier molecular flexibility index (Phi) is 6.26. The van der Waals surface area contributed by atoms with Crippen molar-refractivity contribution in [2.75, 3.05) is 6.54 Å². The molecule has 3 nitrogen and oxygen atoms in total. The number of pyridine rings is 1. The number of phenolic OH excluding ortho intramolecular Hbond substituents is 1. The van der Waals surface area contributed by atoms with Gasteiger partial charge in [0, 0.05) is 17.8 Å². The van der Waals surface area contributed by atoms with Gasteiger partial charge in [0.1, 0.15) is 5.75 Å². The van der Waals surface area contributed by atoms with Gasteiger partial charge in [-0.25, -0.2) is 0 Å². The fourth-order valence-electron chi connectivity index (χ4n) is 4.72. The second-order valence-electron chi connectivity index (χ2n) is 8.33. The third-order valence-corrected chi connectivity index (χ3v) is 6.43. The van der Waals surface area contributed by atoms with Crippen molar-refractivity contribution >= 4 is 0 Å². The first-order valence-corrected chi connectivity index (χ1v) is 10.7. The predicted molar refractivity (Wildman–Crippen MR) is 119 cm³/mol. The van der Waals surface area contributed by atoms with Crippen molar-refractivity contribution in [3.63, 3.8) is 0 Å². The van der Waals surface area contributed by atoms with E-state index >= 15 is 0 Å². The molecule has 4 rings (SSSR count). The van der Waals surface area contributed by atoms with Gasteiger partial charge in [0.05, 0.1) is 0 Å². The van der Waals surface area contributed by atoms with E-state index in [-0.39, 0.29) is 0 Å². The molecule has 2 aromatic carbocycles. The van der Waals surface area contributed by atoms with E-state index in [9.17, 15) is 5.11 Å². The molecule has 0 bridgehead atoms. The highest BCUT2D eigenvalue weighted by Crippen LogP contribution is 2.40. The standard InChI is InChI=1S/C26H30N2O/c27-18-20-9-11-21(12-10-20)25(15-19-5-2-1-3-6-19)26-17-23(13-14-28-26)22-7-4-8-24(29)16-22/h1-8,13-14,16-17,20-21,25,29H,9-12,15,18,27H2. The van der Waals surface area contributed by atoms with Crippen molar-refractivity contribution in [1.82, 2.24) is 4.98 Å². The SMILES string of the molecule is NCC1CCC(C(Cc2ccccc2)c2cc(-c3cccc(O)c3)ccn2)CC1. The van der Waals surface area contributed by atoms with E-state index in [1.54, 1.807) is 6.07 Å². The molecular formula is C26H30N2O. The largest absolute Gasteiger partial charge is 0.508 e. The van der Waals surface area contributed by atoms with Gasteiger partial charge in [-0.2, -0.15) is 0 Å². The van der Waals surface area contributed by atoms with Gasteiger partial charge in [-0.3, -0.25) is 4.98 Å². The van der Waals surface area contributed by atoms with Crippen LogP contribution in [0.2, 0.25) is 0 Å². The Morgan fingerprint density at radius 3 is 2.38 bits per heavy atom. The molecule has 3 aromatic rings. The summed E-state index contributed by atoms with van der Waals surface area (Å²) < 4.78 is 0. The molecule has 150 valence electrons. The number of rotatable bonds is 6. The smallest absolute Gasteiger partial charge is 0.116 e. The maximum absolute atomic E-state index is 9.87.